The van der Waals surface area contributed by atoms with E-state index >= 15 is 0 Å². The summed E-state index contributed by atoms with van der Waals surface area (Å²) in [6.07, 6.45) is -0.719. The number of amides is 1. The Morgan fingerprint density at radius 1 is 1.44 bits per heavy atom. The summed E-state index contributed by atoms with van der Waals surface area (Å²) in [5.41, 5.74) is 1.05. The number of hydrogen-bond acceptors (Lipinski definition) is 3. The lowest BCUT2D eigenvalue weighted by molar-refractivity contribution is 0.159. The Hall–Kier alpha value is -1.49. The van der Waals surface area contributed by atoms with Gasteiger partial charge < -0.3 is 4.74 Å². The van der Waals surface area contributed by atoms with Crippen molar-refractivity contribution in [2.45, 2.75) is 18.7 Å². The Kier molecular flexibility index (Phi) is 3.95. The molecule has 1 aromatic carbocycles. The van der Waals surface area contributed by atoms with E-state index in [0.717, 1.165) is 5.56 Å². The molecule has 0 aliphatic heterocycles. The average molecular weight is 241 g/mol. The summed E-state index contributed by atoms with van der Waals surface area (Å²) in [6, 6.07) is 6.98. The van der Waals surface area contributed by atoms with Gasteiger partial charge in [-0.2, -0.15) is 0 Å². The third kappa shape index (κ3) is 3.27. The molecule has 88 valence electrons. The van der Waals surface area contributed by atoms with Crippen LogP contribution >= 0.6 is 0 Å². The Labute approximate surface area is 95.8 Å². The summed E-state index contributed by atoms with van der Waals surface area (Å²) in [6.45, 7) is 3.83. The molecule has 5 heteroatoms. The Morgan fingerprint density at radius 2 is 2.00 bits per heavy atom. The molecule has 0 spiro atoms. The van der Waals surface area contributed by atoms with Crippen molar-refractivity contribution >= 4 is 21.7 Å². The van der Waals surface area contributed by atoms with Crippen LogP contribution in [0, 0.1) is 6.92 Å². The smallest absolute Gasteiger partial charge is 0.418 e. The number of benzene rings is 1. The van der Waals surface area contributed by atoms with E-state index in [1.807, 2.05) is 19.1 Å². The van der Waals surface area contributed by atoms with E-state index < -0.39 is 15.8 Å². The van der Waals surface area contributed by atoms with E-state index in [-0.39, 0.29) is 6.61 Å². The standard InChI is InChI=1S/C11H15NO3S/c1-4-15-11(13)12-16(3,14)10-7-5-9(2)6-8-10/h5-8H,3-4H2,1-2H3,(H,12,13,14). The molecule has 1 aromatic rings. The molecule has 0 aliphatic rings. The topological polar surface area (TPSA) is 55.4 Å². The fraction of sp³-hybridized carbons (Fsp3) is 0.273. The summed E-state index contributed by atoms with van der Waals surface area (Å²) in [4.78, 5) is 11.6. The van der Waals surface area contributed by atoms with E-state index in [4.69, 9.17) is 0 Å². The van der Waals surface area contributed by atoms with Gasteiger partial charge in [-0.15, -0.1) is 0 Å². The van der Waals surface area contributed by atoms with Gasteiger partial charge in [-0.25, -0.2) is 13.7 Å². The molecule has 0 bridgehead atoms. The quantitative estimate of drug-likeness (QED) is 0.820. The van der Waals surface area contributed by atoms with Gasteiger partial charge in [0.25, 0.3) is 0 Å². The van der Waals surface area contributed by atoms with E-state index in [1.165, 1.54) is 0 Å². The second kappa shape index (κ2) is 5.03. The molecule has 0 saturated heterocycles. The first-order valence-corrected chi connectivity index (χ1v) is 6.57. The molecule has 0 aromatic heterocycles. The molecule has 4 nitrogen and oxygen atoms in total. The highest BCUT2D eigenvalue weighted by Crippen LogP contribution is 2.09. The maximum atomic E-state index is 12.1. The minimum atomic E-state index is -2.82. The zero-order valence-corrected chi connectivity index (χ0v) is 10.2. The second-order valence-corrected chi connectivity index (χ2v) is 5.34. The minimum Gasteiger partial charge on any atom is -0.449 e. The summed E-state index contributed by atoms with van der Waals surface area (Å²) in [7, 11) is -2.82. The lowest BCUT2D eigenvalue weighted by Gasteiger charge is -2.11. The monoisotopic (exact) mass is 241 g/mol. The van der Waals surface area contributed by atoms with Crippen molar-refractivity contribution < 1.29 is 13.7 Å². The van der Waals surface area contributed by atoms with Crippen LogP contribution in [0.15, 0.2) is 29.2 Å². The van der Waals surface area contributed by atoms with Crippen molar-refractivity contribution in [3.8, 4) is 0 Å². The van der Waals surface area contributed by atoms with Crippen LogP contribution in [0.1, 0.15) is 12.5 Å². The summed E-state index contributed by atoms with van der Waals surface area (Å²) >= 11 is 0. The molecule has 0 saturated carbocycles. The first-order chi connectivity index (χ1) is 7.45. The lowest BCUT2D eigenvalue weighted by Crippen LogP contribution is -2.30. The highest BCUT2D eigenvalue weighted by atomic mass is 32.2. The Morgan fingerprint density at radius 3 is 2.50 bits per heavy atom. The van der Waals surface area contributed by atoms with Crippen LogP contribution in [-0.4, -0.2) is 22.8 Å². The van der Waals surface area contributed by atoms with E-state index in [2.05, 4.69) is 15.3 Å². The Bertz CT molecular complexity index is 463. The molecular formula is C11H15NO3S. The number of ether oxygens (including phenoxy) is 1. The van der Waals surface area contributed by atoms with Crippen LogP contribution in [0.3, 0.4) is 0 Å². The largest absolute Gasteiger partial charge is 0.449 e. The molecule has 0 heterocycles. The van der Waals surface area contributed by atoms with Gasteiger partial charge in [-0.3, -0.25) is 0 Å². The predicted molar refractivity (Wildman–Crippen MR) is 64.9 cm³/mol. The molecule has 1 N–H and O–H groups in total. The lowest BCUT2D eigenvalue weighted by atomic mass is 10.2. The number of nitrogens with one attached hydrogen (secondary N) is 1. The van der Waals surface area contributed by atoms with Gasteiger partial charge in [0.1, 0.15) is 0 Å². The molecule has 0 fully saturated rings. The number of carbonyl (C=O) groups is 1. The molecule has 0 radical (unpaired) electrons. The maximum absolute atomic E-state index is 12.1. The Balaban J connectivity index is 2.86. The minimum absolute atomic E-state index is 0.231. The van der Waals surface area contributed by atoms with Gasteiger partial charge in [0.2, 0.25) is 0 Å². The van der Waals surface area contributed by atoms with Crippen LogP contribution < -0.4 is 4.72 Å². The summed E-state index contributed by atoms with van der Waals surface area (Å²) in [5.74, 6) is 3.51. The predicted octanol–water partition coefficient (Wildman–Crippen LogP) is 1.73. The number of rotatable bonds is 3. The van der Waals surface area contributed by atoms with E-state index in [9.17, 15) is 9.00 Å². The summed E-state index contributed by atoms with van der Waals surface area (Å²) < 4.78 is 19.0. The van der Waals surface area contributed by atoms with Gasteiger partial charge in [0, 0.05) is 4.90 Å². The molecular weight excluding hydrogens is 226 g/mol. The zero-order chi connectivity index (χ0) is 12.2. The van der Waals surface area contributed by atoms with E-state index in [1.54, 1.807) is 19.1 Å². The number of aryl methyl sites for hydroxylation is 1. The van der Waals surface area contributed by atoms with Gasteiger partial charge in [0.05, 0.1) is 16.3 Å². The number of hydrogen-bond donors (Lipinski definition) is 1. The second-order valence-electron chi connectivity index (χ2n) is 3.31. The zero-order valence-electron chi connectivity index (χ0n) is 9.36. The first kappa shape index (κ1) is 12.6. The maximum Gasteiger partial charge on any atom is 0.418 e. The molecule has 1 amide bonds. The SMILES string of the molecule is C=S(=O)(NC(=O)OCC)c1ccc(C)cc1. The molecule has 16 heavy (non-hydrogen) atoms. The highest BCUT2D eigenvalue weighted by molar-refractivity contribution is 7.99. The van der Waals surface area contributed by atoms with Crippen molar-refractivity contribution in [1.29, 1.82) is 0 Å². The number of carbonyl (C=O) groups excluding carboxylic acids is 1. The van der Waals surface area contributed by atoms with Crippen LogP contribution in [0.5, 0.6) is 0 Å². The van der Waals surface area contributed by atoms with Gasteiger partial charge in [0.15, 0.2) is 0 Å². The van der Waals surface area contributed by atoms with Gasteiger partial charge in [-0.1, -0.05) is 17.7 Å². The highest BCUT2D eigenvalue weighted by Gasteiger charge is 2.11. The molecule has 0 aliphatic carbocycles. The van der Waals surface area contributed by atoms with Crippen LogP contribution in [0.2, 0.25) is 0 Å². The van der Waals surface area contributed by atoms with E-state index in [0.29, 0.717) is 4.90 Å². The van der Waals surface area contributed by atoms with Crippen LogP contribution in [0.4, 0.5) is 4.79 Å². The van der Waals surface area contributed by atoms with Crippen molar-refractivity contribution in [1.82, 2.24) is 4.72 Å². The van der Waals surface area contributed by atoms with Gasteiger partial charge >= 0.3 is 6.09 Å². The van der Waals surface area contributed by atoms with Crippen molar-refractivity contribution in [2.75, 3.05) is 6.61 Å². The summed E-state index contributed by atoms with van der Waals surface area (Å²) in [5, 5.41) is 0. The fourth-order valence-corrected chi connectivity index (χ4v) is 2.13. The molecule has 1 atom stereocenters. The molecule has 1 rings (SSSR count). The first-order valence-electron chi connectivity index (χ1n) is 4.84. The molecule has 1 unspecified atom stereocenters. The normalized spacial score (nSPS) is 13.9. The third-order valence-electron chi connectivity index (χ3n) is 1.93. The van der Waals surface area contributed by atoms with Crippen LogP contribution in [-0.2, 0) is 14.4 Å². The average Bonchev–Trinajstić information content (AvgIpc) is 2.17. The fourth-order valence-electron chi connectivity index (χ4n) is 1.11. The van der Waals surface area contributed by atoms with Crippen molar-refractivity contribution in [3.05, 3.63) is 29.8 Å². The third-order valence-corrected chi connectivity index (χ3v) is 3.46. The van der Waals surface area contributed by atoms with Crippen molar-refractivity contribution in [3.63, 3.8) is 0 Å². The van der Waals surface area contributed by atoms with Crippen LogP contribution in [0.25, 0.3) is 0 Å². The van der Waals surface area contributed by atoms with Gasteiger partial charge in [-0.05, 0) is 31.9 Å². The van der Waals surface area contributed by atoms with Crippen molar-refractivity contribution in [2.24, 2.45) is 0 Å².